The molecule has 40 heavy (non-hydrogen) atoms. The van der Waals surface area contributed by atoms with E-state index in [2.05, 4.69) is 46.3 Å². The largest absolute Gasteiger partial charge is 0.495 e. The second-order valence-corrected chi connectivity index (χ2v) is 11.3. The Balaban J connectivity index is 1.39. The van der Waals surface area contributed by atoms with Crippen molar-refractivity contribution in [3.63, 3.8) is 0 Å². The van der Waals surface area contributed by atoms with Crippen LogP contribution in [0.2, 0.25) is 0 Å². The number of hydrogen-bond acceptors (Lipinski definition) is 9. The van der Waals surface area contributed by atoms with Crippen molar-refractivity contribution in [3.05, 3.63) is 42.6 Å². The monoisotopic (exact) mass is 562 g/mol. The topological polar surface area (TPSA) is 108 Å². The number of nitrogens with zero attached hydrogens (tertiary/aromatic N) is 5. The molecule has 3 aromatic heterocycles. The predicted molar refractivity (Wildman–Crippen MR) is 157 cm³/mol. The van der Waals surface area contributed by atoms with E-state index < -0.39 is 0 Å². The zero-order valence-electron chi connectivity index (χ0n) is 22.9. The van der Waals surface area contributed by atoms with E-state index in [4.69, 9.17) is 24.9 Å². The normalized spacial score (nSPS) is 18.1. The number of nitrogen functional groups attached to an aromatic ring is 1. The third kappa shape index (κ3) is 5.00. The molecule has 1 atom stereocenters. The van der Waals surface area contributed by atoms with Crippen molar-refractivity contribution >= 4 is 44.2 Å². The van der Waals surface area contributed by atoms with Gasteiger partial charge in [-0.15, -0.1) is 11.3 Å². The first-order valence-corrected chi connectivity index (χ1v) is 14.4. The summed E-state index contributed by atoms with van der Waals surface area (Å²) >= 11 is 1.66. The summed E-state index contributed by atoms with van der Waals surface area (Å²) in [7, 11) is 1.70. The number of benzene rings is 1. The number of amides is 1. The first-order chi connectivity index (χ1) is 19.4. The lowest BCUT2D eigenvalue weighted by Gasteiger charge is -2.26. The Bertz CT molecular complexity index is 1570. The fourth-order valence-electron chi connectivity index (χ4n) is 5.62. The molecule has 4 aromatic rings. The van der Waals surface area contributed by atoms with Gasteiger partial charge in [0.2, 0.25) is 5.91 Å². The van der Waals surface area contributed by atoms with Crippen LogP contribution in [0.5, 0.6) is 11.8 Å². The van der Waals surface area contributed by atoms with Crippen LogP contribution in [0, 0.1) is 6.92 Å². The Morgan fingerprint density at radius 2 is 2.08 bits per heavy atom. The Morgan fingerprint density at radius 3 is 2.85 bits per heavy atom. The first-order valence-electron chi connectivity index (χ1n) is 13.6. The number of rotatable bonds is 8. The molecule has 1 unspecified atom stereocenters. The number of nitrogens with two attached hydrogens (primary N) is 1. The zero-order valence-corrected chi connectivity index (χ0v) is 23.7. The lowest BCUT2D eigenvalue weighted by atomic mass is 10.1. The number of carbonyl (C=O) groups is 1. The quantitative estimate of drug-likeness (QED) is 0.323. The number of anilines is 1. The van der Waals surface area contributed by atoms with Gasteiger partial charge in [0.1, 0.15) is 23.8 Å². The molecule has 2 aliphatic rings. The number of carbonyl (C=O) groups excluding carboxylic acids is 1. The molecule has 0 spiro atoms. The molecule has 0 radical (unpaired) electrons. The van der Waals surface area contributed by atoms with Gasteiger partial charge in [-0.25, -0.2) is 0 Å². The Labute approximate surface area is 236 Å². The lowest BCUT2D eigenvalue weighted by Crippen LogP contribution is -2.38. The molecular weight excluding hydrogens is 528 g/mol. The van der Waals surface area contributed by atoms with E-state index in [1.54, 1.807) is 18.4 Å². The van der Waals surface area contributed by atoms with E-state index in [0.29, 0.717) is 31.2 Å². The van der Waals surface area contributed by atoms with Crippen molar-refractivity contribution in [2.45, 2.75) is 19.4 Å². The molecule has 10 nitrogen and oxygen atoms in total. The maximum atomic E-state index is 12.3. The van der Waals surface area contributed by atoms with Crippen LogP contribution in [0.15, 0.2) is 37.1 Å². The Kier molecular flexibility index (Phi) is 7.35. The fourth-order valence-corrected chi connectivity index (χ4v) is 6.77. The predicted octanol–water partition coefficient (Wildman–Crippen LogP) is 3.88. The minimum absolute atomic E-state index is 0.0433. The highest BCUT2D eigenvalue weighted by Crippen LogP contribution is 2.44. The van der Waals surface area contributed by atoms with Gasteiger partial charge in [0, 0.05) is 49.4 Å². The van der Waals surface area contributed by atoms with Gasteiger partial charge in [0.25, 0.3) is 0 Å². The standard InChI is InChI=1S/C29H34N6O4S/c1-4-24(36)34-6-5-20(16-34)35-17-21(23-15-19-13-18(2)14-22(37-3)26(19)40-23)25-27(30)31-29(32-28(25)35)39-12-9-33-7-10-38-11-8-33/h4,13-15,17,20H,1,5-12,16H2,2-3H3,(H2,30,31,32). The van der Waals surface area contributed by atoms with E-state index in [-0.39, 0.29) is 18.0 Å². The lowest BCUT2D eigenvalue weighted by molar-refractivity contribution is -0.125. The molecule has 0 aliphatic carbocycles. The second kappa shape index (κ2) is 11.1. The van der Waals surface area contributed by atoms with Crippen molar-refractivity contribution in [2.24, 2.45) is 0 Å². The maximum Gasteiger partial charge on any atom is 0.320 e. The summed E-state index contributed by atoms with van der Waals surface area (Å²) in [6.45, 7) is 11.4. The van der Waals surface area contributed by atoms with E-state index in [1.807, 2.05) is 11.0 Å². The summed E-state index contributed by atoms with van der Waals surface area (Å²) < 4.78 is 20.3. The molecule has 210 valence electrons. The third-order valence-electron chi connectivity index (χ3n) is 7.68. The SMILES string of the molecule is C=CC(=O)N1CCC(n2cc(-c3cc4cc(C)cc(OC)c4s3)c3c(N)nc(OCCN4CCOCC4)nc32)C1. The van der Waals surface area contributed by atoms with Crippen LogP contribution in [-0.2, 0) is 9.53 Å². The number of ether oxygens (including phenoxy) is 3. The van der Waals surface area contributed by atoms with E-state index in [9.17, 15) is 4.79 Å². The molecular formula is C29H34N6O4S. The Morgan fingerprint density at radius 1 is 1.25 bits per heavy atom. The average Bonchev–Trinajstić information content (AvgIpc) is 3.69. The van der Waals surface area contributed by atoms with Gasteiger partial charge >= 0.3 is 6.01 Å². The maximum absolute atomic E-state index is 12.3. The summed E-state index contributed by atoms with van der Waals surface area (Å²) in [6.07, 6.45) is 4.28. The van der Waals surface area contributed by atoms with Gasteiger partial charge in [-0.3, -0.25) is 9.69 Å². The number of methoxy groups -OCH3 is 1. The van der Waals surface area contributed by atoms with Crippen LogP contribution < -0.4 is 15.2 Å². The highest BCUT2D eigenvalue weighted by atomic mass is 32.1. The number of hydrogen-bond donors (Lipinski definition) is 1. The summed E-state index contributed by atoms with van der Waals surface area (Å²) in [5, 5.41) is 1.90. The summed E-state index contributed by atoms with van der Waals surface area (Å²) in [5.74, 6) is 1.16. The first kappa shape index (κ1) is 26.5. The van der Waals surface area contributed by atoms with Crippen LogP contribution in [-0.4, -0.2) is 89.9 Å². The molecule has 0 bridgehead atoms. The molecule has 1 aromatic carbocycles. The minimum Gasteiger partial charge on any atom is -0.495 e. The molecule has 6 rings (SSSR count). The van der Waals surface area contributed by atoms with Crippen molar-refractivity contribution in [3.8, 4) is 22.2 Å². The average molecular weight is 563 g/mol. The van der Waals surface area contributed by atoms with Gasteiger partial charge in [-0.2, -0.15) is 9.97 Å². The number of fused-ring (bicyclic) bond motifs is 2. The minimum atomic E-state index is -0.0626. The number of aromatic nitrogens is 3. The van der Waals surface area contributed by atoms with Gasteiger partial charge in [-0.05, 0) is 42.5 Å². The van der Waals surface area contributed by atoms with Crippen LogP contribution in [0.4, 0.5) is 5.82 Å². The van der Waals surface area contributed by atoms with Crippen molar-refractivity contribution < 1.29 is 19.0 Å². The molecule has 1 amide bonds. The van der Waals surface area contributed by atoms with E-state index in [0.717, 1.165) is 76.5 Å². The molecule has 2 aliphatic heterocycles. The molecule has 11 heteroatoms. The smallest absolute Gasteiger partial charge is 0.320 e. The van der Waals surface area contributed by atoms with Crippen LogP contribution in [0.1, 0.15) is 18.0 Å². The molecule has 2 fully saturated rings. The number of aryl methyl sites for hydroxylation is 1. The van der Waals surface area contributed by atoms with Crippen LogP contribution in [0.3, 0.4) is 0 Å². The Hall–Kier alpha value is -3.67. The van der Waals surface area contributed by atoms with E-state index in [1.165, 1.54) is 6.08 Å². The van der Waals surface area contributed by atoms with Crippen LogP contribution >= 0.6 is 11.3 Å². The number of morpholine rings is 1. The van der Waals surface area contributed by atoms with Gasteiger partial charge in [0.15, 0.2) is 0 Å². The van der Waals surface area contributed by atoms with Gasteiger partial charge in [0.05, 0.1) is 36.5 Å². The summed E-state index contributed by atoms with van der Waals surface area (Å²) in [4.78, 5) is 26.9. The van der Waals surface area contributed by atoms with Gasteiger partial charge in [-0.1, -0.05) is 12.6 Å². The second-order valence-electron chi connectivity index (χ2n) is 10.3. The molecule has 5 heterocycles. The summed E-state index contributed by atoms with van der Waals surface area (Å²) in [6, 6.07) is 6.68. The zero-order chi connectivity index (χ0) is 27.8. The summed E-state index contributed by atoms with van der Waals surface area (Å²) in [5.41, 5.74) is 9.43. The fraction of sp³-hybridized carbons (Fsp3) is 0.414. The molecule has 2 N–H and O–H groups in total. The number of likely N-dealkylation sites (tertiary alicyclic amines) is 1. The number of thiophene rings is 1. The molecule has 2 saturated heterocycles. The highest BCUT2D eigenvalue weighted by Gasteiger charge is 2.30. The highest BCUT2D eigenvalue weighted by molar-refractivity contribution is 7.22. The van der Waals surface area contributed by atoms with Gasteiger partial charge < -0.3 is 29.4 Å². The van der Waals surface area contributed by atoms with Crippen molar-refractivity contribution in [1.29, 1.82) is 0 Å². The third-order valence-corrected chi connectivity index (χ3v) is 8.88. The molecule has 0 saturated carbocycles. The van der Waals surface area contributed by atoms with E-state index >= 15 is 0 Å². The van der Waals surface area contributed by atoms with Crippen molar-refractivity contribution in [2.75, 3.05) is 65.4 Å². The van der Waals surface area contributed by atoms with Crippen LogP contribution in [0.25, 0.3) is 31.6 Å². The van der Waals surface area contributed by atoms with Crippen molar-refractivity contribution in [1.82, 2.24) is 24.3 Å².